The number of hydrogen-bond acceptors (Lipinski definition) is 4. The molecule has 1 aromatic rings. The van der Waals surface area contributed by atoms with E-state index in [0.29, 0.717) is 12.1 Å². The minimum atomic E-state index is 0.0558. The van der Waals surface area contributed by atoms with Gasteiger partial charge in [-0.2, -0.15) is 0 Å². The largest absolute Gasteiger partial charge is 0.349 e. The molecule has 2 heterocycles. The highest BCUT2D eigenvalue weighted by atomic mass is 16.1. The minimum Gasteiger partial charge on any atom is -0.349 e. The predicted octanol–water partition coefficient (Wildman–Crippen LogP) is 1.30. The van der Waals surface area contributed by atoms with E-state index in [1.54, 1.807) is 0 Å². The first-order chi connectivity index (χ1) is 11.6. The first-order valence-electron chi connectivity index (χ1n) is 9.14. The van der Waals surface area contributed by atoms with Crippen LogP contribution in [0.4, 0.5) is 0 Å². The smallest absolute Gasteiger partial charge is 0.251 e. The second kappa shape index (κ2) is 8.10. The molecular formula is C19H30N4O. The number of amides is 1. The molecule has 0 radical (unpaired) electrons. The molecule has 2 N–H and O–H groups in total. The van der Waals surface area contributed by atoms with E-state index in [-0.39, 0.29) is 5.91 Å². The molecule has 2 unspecified atom stereocenters. The van der Waals surface area contributed by atoms with Crippen LogP contribution in [-0.4, -0.2) is 67.6 Å². The number of piperidine rings is 1. The van der Waals surface area contributed by atoms with Gasteiger partial charge in [0.2, 0.25) is 0 Å². The maximum absolute atomic E-state index is 12.4. The molecule has 2 aliphatic rings. The molecular weight excluding hydrogens is 300 g/mol. The van der Waals surface area contributed by atoms with Crippen LogP contribution in [0.2, 0.25) is 0 Å². The number of carbonyl (C=O) groups is 1. The molecule has 5 nitrogen and oxygen atoms in total. The number of nitrogens with one attached hydrogen (secondary N) is 2. The fourth-order valence-corrected chi connectivity index (χ4v) is 3.56. The van der Waals surface area contributed by atoms with E-state index in [9.17, 15) is 4.79 Å². The molecule has 1 aromatic carbocycles. The summed E-state index contributed by atoms with van der Waals surface area (Å²) in [5.74, 6) is 0.0558. The molecule has 0 saturated carbocycles. The zero-order chi connectivity index (χ0) is 16.9. The van der Waals surface area contributed by atoms with E-state index in [2.05, 4.69) is 46.5 Å². The van der Waals surface area contributed by atoms with E-state index in [1.165, 1.54) is 5.56 Å². The van der Waals surface area contributed by atoms with Crippen LogP contribution in [0.3, 0.4) is 0 Å². The van der Waals surface area contributed by atoms with Crippen LogP contribution in [0, 0.1) is 0 Å². The molecule has 24 heavy (non-hydrogen) atoms. The molecule has 0 spiro atoms. The van der Waals surface area contributed by atoms with Gasteiger partial charge in [0, 0.05) is 50.4 Å². The van der Waals surface area contributed by atoms with Crippen molar-refractivity contribution in [3.63, 3.8) is 0 Å². The molecule has 0 bridgehead atoms. The Morgan fingerprint density at radius 2 is 1.92 bits per heavy atom. The third kappa shape index (κ3) is 4.79. The van der Waals surface area contributed by atoms with Gasteiger partial charge in [-0.3, -0.25) is 9.69 Å². The van der Waals surface area contributed by atoms with Gasteiger partial charge in [-0.05, 0) is 51.1 Å². The van der Waals surface area contributed by atoms with E-state index in [4.69, 9.17) is 0 Å². The summed E-state index contributed by atoms with van der Waals surface area (Å²) in [5, 5.41) is 6.59. The Hall–Kier alpha value is -1.43. The van der Waals surface area contributed by atoms with Gasteiger partial charge in [0.15, 0.2) is 0 Å². The molecule has 2 saturated heterocycles. The lowest BCUT2D eigenvalue weighted by atomic mass is 10.00. The Balaban J connectivity index is 1.51. The lowest BCUT2D eigenvalue weighted by molar-refractivity contribution is 0.0925. The fourth-order valence-electron chi connectivity index (χ4n) is 3.56. The van der Waals surface area contributed by atoms with Gasteiger partial charge in [0.05, 0.1) is 0 Å². The standard InChI is InChI=1S/C19H30N4O/c1-15-13-18(7-8-20-15)21-19(24)17-5-3-16(4-6-17)14-23-11-9-22(2)10-12-23/h3-6,15,18,20H,7-14H2,1-2H3,(H,21,24). The van der Waals surface area contributed by atoms with Crippen molar-refractivity contribution in [1.82, 2.24) is 20.4 Å². The minimum absolute atomic E-state index is 0.0558. The lowest BCUT2D eigenvalue weighted by Crippen LogP contribution is -2.46. The first-order valence-corrected chi connectivity index (χ1v) is 9.14. The molecule has 1 amide bonds. The highest BCUT2D eigenvalue weighted by Crippen LogP contribution is 2.12. The number of piperazine rings is 1. The van der Waals surface area contributed by atoms with Gasteiger partial charge >= 0.3 is 0 Å². The monoisotopic (exact) mass is 330 g/mol. The Kier molecular flexibility index (Phi) is 5.87. The fraction of sp³-hybridized carbons (Fsp3) is 0.632. The average molecular weight is 330 g/mol. The summed E-state index contributed by atoms with van der Waals surface area (Å²) in [5.41, 5.74) is 2.05. The van der Waals surface area contributed by atoms with Crippen molar-refractivity contribution < 1.29 is 4.79 Å². The summed E-state index contributed by atoms with van der Waals surface area (Å²) >= 11 is 0. The Bertz CT molecular complexity index is 537. The SMILES string of the molecule is CC1CC(NC(=O)c2ccc(CN3CCN(C)CC3)cc2)CCN1. The Morgan fingerprint density at radius 3 is 2.58 bits per heavy atom. The van der Waals surface area contributed by atoms with Crippen LogP contribution in [0.25, 0.3) is 0 Å². The molecule has 2 aliphatic heterocycles. The Morgan fingerprint density at radius 1 is 1.21 bits per heavy atom. The summed E-state index contributed by atoms with van der Waals surface area (Å²) in [6.07, 6.45) is 2.02. The summed E-state index contributed by atoms with van der Waals surface area (Å²) in [6.45, 7) is 8.63. The molecule has 2 atom stereocenters. The van der Waals surface area contributed by atoms with E-state index < -0.39 is 0 Å². The topological polar surface area (TPSA) is 47.6 Å². The predicted molar refractivity (Wildman–Crippen MR) is 97.2 cm³/mol. The van der Waals surface area contributed by atoms with E-state index >= 15 is 0 Å². The molecule has 3 rings (SSSR count). The van der Waals surface area contributed by atoms with E-state index in [1.807, 2.05) is 12.1 Å². The number of carbonyl (C=O) groups excluding carboxylic acids is 1. The van der Waals surface area contributed by atoms with Crippen LogP contribution >= 0.6 is 0 Å². The van der Waals surface area contributed by atoms with Crippen LogP contribution in [0.5, 0.6) is 0 Å². The zero-order valence-corrected chi connectivity index (χ0v) is 14.9. The van der Waals surface area contributed by atoms with Crippen LogP contribution in [0.1, 0.15) is 35.7 Å². The number of benzene rings is 1. The van der Waals surface area contributed by atoms with Crippen molar-refractivity contribution in [2.24, 2.45) is 0 Å². The summed E-state index contributed by atoms with van der Waals surface area (Å²) in [4.78, 5) is 17.3. The summed E-state index contributed by atoms with van der Waals surface area (Å²) < 4.78 is 0. The highest BCUT2D eigenvalue weighted by Gasteiger charge is 2.20. The number of likely N-dealkylation sites (N-methyl/N-ethyl adjacent to an activating group) is 1. The van der Waals surface area contributed by atoms with Crippen molar-refractivity contribution in [3.05, 3.63) is 35.4 Å². The van der Waals surface area contributed by atoms with E-state index in [0.717, 1.165) is 57.7 Å². The summed E-state index contributed by atoms with van der Waals surface area (Å²) in [6, 6.07) is 8.89. The molecule has 0 aliphatic carbocycles. The maximum Gasteiger partial charge on any atom is 0.251 e. The molecule has 5 heteroatoms. The van der Waals surface area contributed by atoms with Gasteiger partial charge in [0.25, 0.3) is 5.91 Å². The number of nitrogens with zero attached hydrogens (tertiary/aromatic N) is 2. The third-order valence-electron chi connectivity index (χ3n) is 5.18. The van der Waals surface area contributed by atoms with Crippen LogP contribution in [-0.2, 0) is 6.54 Å². The quantitative estimate of drug-likeness (QED) is 0.874. The van der Waals surface area contributed by atoms with Crippen molar-refractivity contribution in [2.75, 3.05) is 39.8 Å². The van der Waals surface area contributed by atoms with Crippen molar-refractivity contribution >= 4 is 5.91 Å². The van der Waals surface area contributed by atoms with Crippen molar-refractivity contribution in [1.29, 1.82) is 0 Å². The van der Waals surface area contributed by atoms with Crippen molar-refractivity contribution in [2.45, 2.75) is 38.4 Å². The number of hydrogen-bond donors (Lipinski definition) is 2. The normalized spacial score (nSPS) is 26.2. The Labute approximate surface area is 145 Å². The third-order valence-corrected chi connectivity index (χ3v) is 5.18. The average Bonchev–Trinajstić information content (AvgIpc) is 2.57. The molecule has 132 valence electrons. The van der Waals surface area contributed by atoms with Gasteiger partial charge < -0.3 is 15.5 Å². The zero-order valence-electron chi connectivity index (χ0n) is 14.9. The number of rotatable bonds is 4. The maximum atomic E-state index is 12.4. The van der Waals surface area contributed by atoms with Gasteiger partial charge in [-0.1, -0.05) is 12.1 Å². The lowest BCUT2D eigenvalue weighted by Gasteiger charge is -2.32. The summed E-state index contributed by atoms with van der Waals surface area (Å²) in [7, 11) is 2.17. The van der Waals surface area contributed by atoms with Crippen molar-refractivity contribution in [3.8, 4) is 0 Å². The van der Waals surface area contributed by atoms with Gasteiger partial charge in [0.1, 0.15) is 0 Å². The second-order valence-corrected chi connectivity index (χ2v) is 7.33. The van der Waals surface area contributed by atoms with Crippen LogP contribution in [0.15, 0.2) is 24.3 Å². The molecule has 2 fully saturated rings. The van der Waals surface area contributed by atoms with Crippen LogP contribution < -0.4 is 10.6 Å². The first kappa shape index (κ1) is 17.4. The van der Waals surface area contributed by atoms with Gasteiger partial charge in [-0.25, -0.2) is 0 Å². The highest BCUT2D eigenvalue weighted by molar-refractivity contribution is 5.94. The second-order valence-electron chi connectivity index (χ2n) is 7.33. The van der Waals surface area contributed by atoms with Gasteiger partial charge in [-0.15, -0.1) is 0 Å². The molecule has 0 aromatic heterocycles.